The maximum atomic E-state index is 12.3. The molecule has 1 aliphatic rings. The molecule has 2 rings (SSSR count). The van der Waals surface area contributed by atoms with E-state index in [1.807, 2.05) is 43.0 Å². The van der Waals surface area contributed by atoms with Crippen LogP contribution < -0.4 is 4.74 Å². The van der Waals surface area contributed by atoms with Crippen molar-refractivity contribution in [2.24, 2.45) is 0 Å². The number of hydrogen-bond donors (Lipinski definition) is 0. The molecule has 1 aliphatic heterocycles. The molecule has 1 fully saturated rings. The van der Waals surface area contributed by atoms with Crippen LogP contribution in [-0.2, 0) is 4.79 Å². The Labute approximate surface area is 115 Å². The van der Waals surface area contributed by atoms with E-state index in [1.165, 1.54) is 5.56 Å². The summed E-state index contributed by atoms with van der Waals surface area (Å²) >= 11 is 0. The summed E-state index contributed by atoms with van der Waals surface area (Å²) in [5.41, 5.74) is 1.19. The number of rotatable bonds is 3. The van der Waals surface area contributed by atoms with Crippen molar-refractivity contribution in [2.75, 3.05) is 33.2 Å². The second kappa shape index (κ2) is 6.06. The Morgan fingerprint density at radius 1 is 1.16 bits per heavy atom. The number of likely N-dealkylation sites (N-methyl/N-ethyl adjacent to an activating group) is 1. The summed E-state index contributed by atoms with van der Waals surface area (Å²) in [5.74, 6) is 0.828. The number of aryl methyl sites for hydroxylation is 1. The molecule has 0 bridgehead atoms. The molecule has 4 nitrogen and oxygen atoms in total. The molecule has 1 atom stereocenters. The fourth-order valence-corrected chi connectivity index (χ4v) is 2.16. The van der Waals surface area contributed by atoms with Gasteiger partial charge in [-0.15, -0.1) is 0 Å². The molecule has 0 spiro atoms. The predicted molar refractivity (Wildman–Crippen MR) is 75.3 cm³/mol. The first-order valence-electron chi connectivity index (χ1n) is 6.77. The highest BCUT2D eigenvalue weighted by Crippen LogP contribution is 2.14. The Morgan fingerprint density at radius 2 is 1.74 bits per heavy atom. The lowest BCUT2D eigenvalue weighted by Gasteiger charge is -2.33. The normalized spacial score (nSPS) is 18.2. The minimum Gasteiger partial charge on any atom is -0.481 e. The molecule has 104 valence electrons. The third-order valence-corrected chi connectivity index (χ3v) is 3.50. The van der Waals surface area contributed by atoms with Crippen LogP contribution in [0, 0.1) is 6.92 Å². The quantitative estimate of drug-likeness (QED) is 0.828. The van der Waals surface area contributed by atoms with Gasteiger partial charge in [0.1, 0.15) is 5.75 Å². The van der Waals surface area contributed by atoms with Crippen LogP contribution in [0.5, 0.6) is 5.75 Å². The summed E-state index contributed by atoms with van der Waals surface area (Å²) in [6, 6.07) is 7.79. The number of hydrogen-bond acceptors (Lipinski definition) is 3. The fourth-order valence-electron chi connectivity index (χ4n) is 2.16. The molecular weight excluding hydrogens is 240 g/mol. The zero-order valence-electron chi connectivity index (χ0n) is 11.9. The van der Waals surface area contributed by atoms with Gasteiger partial charge in [0.15, 0.2) is 6.10 Å². The van der Waals surface area contributed by atoms with Crippen molar-refractivity contribution in [3.05, 3.63) is 29.8 Å². The summed E-state index contributed by atoms with van der Waals surface area (Å²) in [7, 11) is 2.08. The molecule has 0 unspecified atom stereocenters. The van der Waals surface area contributed by atoms with Gasteiger partial charge < -0.3 is 14.5 Å². The maximum Gasteiger partial charge on any atom is 0.263 e. The highest BCUT2D eigenvalue weighted by Gasteiger charge is 2.24. The molecule has 1 amide bonds. The second-order valence-corrected chi connectivity index (χ2v) is 5.20. The third-order valence-electron chi connectivity index (χ3n) is 3.50. The van der Waals surface area contributed by atoms with Gasteiger partial charge in [-0.1, -0.05) is 17.7 Å². The number of amides is 1. The zero-order valence-corrected chi connectivity index (χ0v) is 11.9. The standard InChI is InChI=1S/C15H22N2O2/c1-12-4-6-14(7-5-12)19-13(2)15(18)17-10-8-16(3)9-11-17/h4-7,13H,8-11H2,1-3H3/t13-/m0/s1. The van der Waals surface area contributed by atoms with Gasteiger partial charge in [-0.3, -0.25) is 4.79 Å². The number of carbonyl (C=O) groups excluding carboxylic acids is 1. The lowest BCUT2D eigenvalue weighted by atomic mass is 10.2. The first-order chi connectivity index (χ1) is 9.06. The summed E-state index contributed by atoms with van der Waals surface area (Å²) < 4.78 is 5.71. The van der Waals surface area contributed by atoms with E-state index in [1.54, 1.807) is 0 Å². The van der Waals surface area contributed by atoms with Gasteiger partial charge in [0.05, 0.1) is 0 Å². The van der Waals surface area contributed by atoms with Gasteiger partial charge in [-0.25, -0.2) is 0 Å². The van der Waals surface area contributed by atoms with Crippen molar-refractivity contribution >= 4 is 5.91 Å². The molecule has 0 saturated carbocycles. The molecular formula is C15H22N2O2. The van der Waals surface area contributed by atoms with E-state index in [0.29, 0.717) is 0 Å². The Morgan fingerprint density at radius 3 is 2.32 bits per heavy atom. The summed E-state index contributed by atoms with van der Waals surface area (Å²) in [6.07, 6.45) is -0.425. The van der Waals surface area contributed by atoms with Crippen molar-refractivity contribution in [3.8, 4) is 5.75 Å². The van der Waals surface area contributed by atoms with Gasteiger partial charge >= 0.3 is 0 Å². The highest BCUT2D eigenvalue weighted by atomic mass is 16.5. The topological polar surface area (TPSA) is 32.8 Å². The van der Waals surface area contributed by atoms with Gasteiger partial charge in [0.25, 0.3) is 5.91 Å². The van der Waals surface area contributed by atoms with Crippen molar-refractivity contribution in [1.29, 1.82) is 0 Å². The van der Waals surface area contributed by atoms with Gasteiger partial charge in [0, 0.05) is 26.2 Å². The lowest BCUT2D eigenvalue weighted by Crippen LogP contribution is -2.50. The molecule has 4 heteroatoms. The van der Waals surface area contributed by atoms with E-state index in [2.05, 4.69) is 11.9 Å². The molecule has 1 saturated heterocycles. The summed E-state index contributed by atoms with van der Waals surface area (Å²) in [4.78, 5) is 16.4. The molecule has 1 aromatic carbocycles. The van der Waals surface area contributed by atoms with Crippen LogP contribution >= 0.6 is 0 Å². The number of piperazine rings is 1. The van der Waals surface area contributed by atoms with E-state index in [0.717, 1.165) is 31.9 Å². The molecule has 0 radical (unpaired) electrons. The molecule has 19 heavy (non-hydrogen) atoms. The Balaban J connectivity index is 1.90. The van der Waals surface area contributed by atoms with Crippen LogP contribution in [-0.4, -0.2) is 55.0 Å². The van der Waals surface area contributed by atoms with Gasteiger partial charge in [-0.2, -0.15) is 0 Å². The molecule has 0 aliphatic carbocycles. The van der Waals surface area contributed by atoms with Crippen LogP contribution in [0.2, 0.25) is 0 Å². The number of carbonyl (C=O) groups is 1. The molecule has 1 heterocycles. The van der Waals surface area contributed by atoms with Crippen LogP contribution in [0.4, 0.5) is 0 Å². The van der Waals surface area contributed by atoms with Crippen molar-refractivity contribution in [2.45, 2.75) is 20.0 Å². The van der Waals surface area contributed by atoms with Gasteiger partial charge in [0.2, 0.25) is 0 Å². The summed E-state index contributed by atoms with van der Waals surface area (Å²) in [6.45, 7) is 7.29. The van der Waals surface area contributed by atoms with Crippen molar-refractivity contribution in [3.63, 3.8) is 0 Å². The Bertz CT molecular complexity index is 422. The van der Waals surface area contributed by atoms with E-state index in [-0.39, 0.29) is 5.91 Å². The average Bonchev–Trinajstić information content (AvgIpc) is 2.41. The second-order valence-electron chi connectivity index (χ2n) is 5.20. The average molecular weight is 262 g/mol. The monoisotopic (exact) mass is 262 g/mol. The van der Waals surface area contributed by atoms with E-state index < -0.39 is 6.10 Å². The predicted octanol–water partition coefficient (Wildman–Crippen LogP) is 1.54. The van der Waals surface area contributed by atoms with Crippen LogP contribution in [0.3, 0.4) is 0 Å². The first-order valence-corrected chi connectivity index (χ1v) is 6.77. The minimum atomic E-state index is -0.425. The minimum absolute atomic E-state index is 0.0775. The fraction of sp³-hybridized carbons (Fsp3) is 0.533. The molecule has 0 N–H and O–H groups in total. The number of ether oxygens (including phenoxy) is 1. The van der Waals surface area contributed by atoms with E-state index in [4.69, 9.17) is 4.74 Å². The van der Waals surface area contributed by atoms with Crippen LogP contribution in [0.25, 0.3) is 0 Å². The van der Waals surface area contributed by atoms with Gasteiger partial charge in [-0.05, 0) is 33.0 Å². The van der Waals surface area contributed by atoms with Crippen molar-refractivity contribution < 1.29 is 9.53 Å². The number of benzene rings is 1. The Kier molecular flexibility index (Phi) is 4.43. The third kappa shape index (κ3) is 3.70. The van der Waals surface area contributed by atoms with Crippen molar-refractivity contribution in [1.82, 2.24) is 9.80 Å². The largest absolute Gasteiger partial charge is 0.481 e. The molecule has 1 aromatic rings. The van der Waals surface area contributed by atoms with Crippen LogP contribution in [0.15, 0.2) is 24.3 Å². The lowest BCUT2D eigenvalue weighted by molar-refractivity contribution is -0.139. The highest BCUT2D eigenvalue weighted by molar-refractivity contribution is 5.81. The van der Waals surface area contributed by atoms with Crippen LogP contribution in [0.1, 0.15) is 12.5 Å². The zero-order chi connectivity index (χ0) is 13.8. The Hall–Kier alpha value is -1.55. The van der Waals surface area contributed by atoms with E-state index >= 15 is 0 Å². The smallest absolute Gasteiger partial charge is 0.263 e. The SMILES string of the molecule is Cc1ccc(O[C@@H](C)C(=O)N2CCN(C)CC2)cc1. The van der Waals surface area contributed by atoms with E-state index in [9.17, 15) is 4.79 Å². The first kappa shape index (κ1) is 13.9. The maximum absolute atomic E-state index is 12.3. The molecule has 0 aromatic heterocycles. The number of nitrogens with zero attached hydrogens (tertiary/aromatic N) is 2. The summed E-state index contributed by atoms with van der Waals surface area (Å²) in [5, 5.41) is 0.